The number of pyridine rings is 1. The number of nitrogens with zero attached hydrogens (tertiary/aromatic N) is 2. The minimum Gasteiger partial charge on any atom is -0.352 e. The number of hydrogen-bond acceptors (Lipinski definition) is 5. The van der Waals surface area contributed by atoms with Crippen molar-refractivity contribution in [3.8, 4) is 0 Å². The fourth-order valence-corrected chi connectivity index (χ4v) is 2.66. The van der Waals surface area contributed by atoms with Crippen molar-refractivity contribution < 1.29 is 9.32 Å². The summed E-state index contributed by atoms with van der Waals surface area (Å²) in [5.74, 6) is 0.508. The maximum absolute atomic E-state index is 12.7. The Balaban J connectivity index is 0.00000208. The van der Waals surface area contributed by atoms with Crippen molar-refractivity contribution in [3.63, 3.8) is 0 Å². The molecule has 1 aliphatic carbocycles. The summed E-state index contributed by atoms with van der Waals surface area (Å²) in [6.45, 7) is 6.55. The highest BCUT2D eigenvalue weighted by molar-refractivity contribution is 6.06. The second-order valence-electron chi connectivity index (χ2n) is 6.79. The molecular weight excluding hydrogens is 328 g/mol. The summed E-state index contributed by atoms with van der Waals surface area (Å²) in [6, 6.07) is 1.97. The van der Waals surface area contributed by atoms with Crippen LogP contribution in [0.25, 0.3) is 11.1 Å². The Morgan fingerprint density at radius 3 is 2.71 bits per heavy atom. The molecule has 0 bridgehead atoms. The molecule has 3 N–H and O–H groups in total. The predicted molar refractivity (Wildman–Crippen MR) is 95.7 cm³/mol. The van der Waals surface area contributed by atoms with Gasteiger partial charge in [-0.3, -0.25) is 4.79 Å². The number of hydrogen-bond donors (Lipinski definition) is 2. The van der Waals surface area contributed by atoms with Crippen LogP contribution in [0.1, 0.15) is 73.6 Å². The zero-order valence-electron chi connectivity index (χ0n) is 14.3. The molecule has 0 radical (unpaired) electrons. The molecule has 1 atom stereocenters. The number of nitrogens with two attached hydrogens (primary N) is 1. The second kappa shape index (κ2) is 7.49. The van der Waals surface area contributed by atoms with Crippen LogP contribution in [0.3, 0.4) is 0 Å². The Hall–Kier alpha value is -1.66. The number of aromatic nitrogens is 2. The van der Waals surface area contributed by atoms with Gasteiger partial charge in [-0.05, 0) is 38.2 Å². The Bertz CT molecular complexity index is 723. The van der Waals surface area contributed by atoms with Crippen molar-refractivity contribution in [3.05, 3.63) is 23.0 Å². The van der Waals surface area contributed by atoms with Crippen LogP contribution in [-0.2, 0) is 0 Å². The monoisotopic (exact) mass is 352 g/mol. The lowest BCUT2D eigenvalue weighted by Crippen LogP contribution is -2.29. The van der Waals surface area contributed by atoms with E-state index < -0.39 is 0 Å². The van der Waals surface area contributed by atoms with Crippen LogP contribution in [0.15, 0.2) is 10.6 Å². The van der Waals surface area contributed by atoms with E-state index in [1.54, 1.807) is 0 Å². The van der Waals surface area contributed by atoms with Gasteiger partial charge in [0, 0.05) is 24.2 Å². The van der Waals surface area contributed by atoms with Crippen molar-refractivity contribution in [2.24, 2.45) is 5.73 Å². The van der Waals surface area contributed by atoms with Crippen LogP contribution in [0.4, 0.5) is 0 Å². The molecule has 0 aliphatic heterocycles. The van der Waals surface area contributed by atoms with E-state index in [0.29, 0.717) is 23.7 Å². The molecule has 1 unspecified atom stereocenters. The minimum absolute atomic E-state index is 0. The van der Waals surface area contributed by atoms with Crippen LogP contribution in [0.2, 0.25) is 0 Å². The van der Waals surface area contributed by atoms with Crippen LogP contribution in [-0.4, -0.2) is 28.6 Å². The smallest absolute Gasteiger partial charge is 0.259 e. The van der Waals surface area contributed by atoms with E-state index in [1.807, 2.05) is 26.8 Å². The van der Waals surface area contributed by atoms with E-state index >= 15 is 0 Å². The van der Waals surface area contributed by atoms with Gasteiger partial charge in [-0.1, -0.05) is 19.0 Å². The fraction of sp³-hybridized carbons (Fsp3) is 0.588. The molecule has 2 heterocycles. The molecule has 1 fully saturated rings. The maximum atomic E-state index is 12.7. The molecule has 1 aliphatic rings. The van der Waals surface area contributed by atoms with Crippen LogP contribution < -0.4 is 11.1 Å². The van der Waals surface area contributed by atoms with E-state index in [4.69, 9.17) is 10.3 Å². The van der Waals surface area contributed by atoms with Crippen molar-refractivity contribution in [1.29, 1.82) is 0 Å². The van der Waals surface area contributed by atoms with E-state index in [9.17, 15) is 4.79 Å². The van der Waals surface area contributed by atoms with Gasteiger partial charge in [0.1, 0.15) is 0 Å². The number of carbonyl (C=O) groups excluding carboxylic acids is 1. The topological polar surface area (TPSA) is 94.0 Å². The summed E-state index contributed by atoms with van der Waals surface area (Å²) in [5.41, 5.74) is 8.54. The molecular formula is C17H25ClN4O2. The molecule has 0 saturated heterocycles. The summed E-state index contributed by atoms with van der Waals surface area (Å²) in [6.07, 6.45) is 2.99. The number of halogens is 1. The van der Waals surface area contributed by atoms with Crippen molar-refractivity contribution in [2.45, 2.75) is 57.9 Å². The Morgan fingerprint density at radius 2 is 2.12 bits per heavy atom. The van der Waals surface area contributed by atoms with Gasteiger partial charge in [0.2, 0.25) is 0 Å². The van der Waals surface area contributed by atoms with Gasteiger partial charge >= 0.3 is 0 Å². The zero-order chi connectivity index (χ0) is 16.6. The summed E-state index contributed by atoms with van der Waals surface area (Å²) in [5, 5.41) is 7.82. The van der Waals surface area contributed by atoms with E-state index in [2.05, 4.69) is 15.5 Å². The predicted octanol–water partition coefficient (Wildman–Crippen LogP) is 3.11. The molecule has 3 rings (SSSR count). The number of fused-ring (bicyclic) bond motifs is 1. The van der Waals surface area contributed by atoms with Crippen molar-refractivity contribution in [2.75, 3.05) is 6.54 Å². The van der Waals surface area contributed by atoms with Crippen molar-refractivity contribution in [1.82, 2.24) is 15.5 Å². The Labute approximate surface area is 148 Å². The van der Waals surface area contributed by atoms with Gasteiger partial charge in [-0.15, -0.1) is 12.4 Å². The lowest BCUT2D eigenvalue weighted by Gasteiger charge is -2.10. The van der Waals surface area contributed by atoms with E-state index in [1.165, 1.54) is 0 Å². The summed E-state index contributed by atoms with van der Waals surface area (Å²) < 4.78 is 5.40. The van der Waals surface area contributed by atoms with Gasteiger partial charge in [-0.25, -0.2) is 4.98 Å². The SMILES string of the molecule is CC(N)CCNC(=O)c1cc(C2CC2)nc2onc(C(C)C)c12.Cl. The number of amides is 1. The van der Waals surface area contributed by atoms with Crippen LogP contribution in [0.5, 0.6) is 0 Å². The number of carbonyl (C=O) groups is 1. The summed E-state index contributed by atoms with van der Waals surface area (Å²) in [7, 11) is 0. The molecule has 24 heavy (non-hydrogen) atoms. The fourth-order valence-electron chi connectivity index (χ4n) is 2.66. The molecule has 0 aromatic carbocycles. The van der Waals surface area contributed by atoms with Crippen LogP contribution in [0, 0.1) is 0 Å². The third kappa shape index (κ3) is 3.87. The quantitative estimate of drug-likeness (QED) is 0.833. The first kappa shape index (κ1) is 18.7. The van der Waals surface area contributed by atoms with E-state index in [-0.39, 0.29) is 30.3 Å². The van der Waals surface area contributed by atoms with Gasteiger partial charge in [0.05, 0.1) is 16.6 Å². The molecule has 0 spiro atoms. The van der Waals surface area contributed by atoms with Gasteiger partial charge in [0.15, 0.2) is 0 Å². The average molecular weight is 353 g/mol. The van der Waals surface area contributed by atoms with Gasteiger partial charge in [0.25, 0.3) is 11.6 Å². The van der Waals surface area contributed by atoms with Crippen molar-refractivity contribution >= 4 is 29.4 Å². The first-order chi connectivity index (χ1) is 11.0. The summed E-state index contributed by atoms with van der Waals surface area (Å²) in [4.78, 5) is 17.2. The highest BCUT2D eigenvalue weighted by Crippen LogP contribution is 2.41. The number of rotatable bonds is 6. The lowest BCUT2D eigenvalue weighted by atomic mass is 10.0. The lowest BCUT2D eigenvalue weighted by molar-refractivity contribution is 0.0954. The molecule has 2 aromatic heterocycles. The molecule has 6 nitrogen and oxygen atoms in total. The first-order valence-electron chi connectivity index (χ1n) is 8.31. The third-order valence-corrected chi connectivity index (χ3v) is 4.17. The zero-order valence-corrected chi connectivity index (χ0v) is 15.2. The second-order valence-corrected chi connectivity index (χ2v) is 6.79. The Morgan fingerprint density at radius 1 is 1.42 bits per heavy atom. The largest absolute Gasteiger partial charge is 0.352 e. The molecule has 7 heteroatoms. The first-order valence-corrected chi connectivity index (χ1v) is 8.31. The highest BCUT2D eigenvalue weighted by atomic mass is 35.5. The van der Waals surface area contributed by atoms with Gasteiger partial charge < -0.3 is 15.6 Å². The van der Waals surface area contributed by atoms with Gasteiger partial charge in [-0.2, -0.15) is 0 Å². The number of nitrogens with one attached hydrogen (secondary N) is 1. The molecule has 2 aromatic rings. The average Bonchev–Trinajstić information content (AvgIpc) is 3.24. The minimum atomic E-state index is -0.106. The molecule has 1 saturated carbocycles. The third-order valence-electron chi connectivity index (χ3n) is 4.17. The highest BCUT2D eigenvalue weighted by Gasteiger charge is 2.29. The van der Waals surface area contributed by atoms with Crippen LogP contribution >= 0.6 is 12.4 Å². The normalized spacial score (nSPS) is 15.4. The summed E-state index contributed by atoms with van der Waals surface area (Å²) >= 11 is 0. The molecule has 1 amide bonds. The maximum Gasteiger partial charge on any atom is 0.259 e. The molecule has 132 valence electrons. The Kier molecular flexibility index (Phi) is 5.83. The van der Waals surface area contributed by atoms with E-state index in [0.717, 1.165) is 36.0 Å². The standard InChI is InChI=1S/C17H24N4O2.ClH/c1-9(2)15-14-12(16(22)19-7-6-10(3)18)8-13(11-4-5-11)20-17(14)23-21-15;/h8-11H,4-7,18H2,1-3H3,(H,19,22);1H.